The lowest BCUT2D eigenvalue weighted by Crippen LogP contribution is -2.42. The van der Waals surface area contributed by atoms with Crippen LogP contribution in [0.15, 0.2) is 42.5 Å². The highest BCUT2D eigenvalue weighted by atomic mass is 35.5. The van der Waals surface area contributed by atoms with Crippen LogP contribution in [0, 0.1) is 0 Å². The second-order valence-corrected chi connectivity index (χ2v) is 6.96. The van der Waals surface area contributed by atoms with Gasteiger partial charge in [-0.1, -0.05) is 37.6 Å². The average molecular weight is 386 g/mol. The van der Waals surface area contributed by atoms with Crippen molar-refractivity contribution in [2.75, 3.05) is 43.0 Å². The fourth-order valence-corrected chi connectivity index (χ4v) is 3.57. The first-order valence-electron chi connectivity index (χ1n) is 9.18. The standard InChI is InChI=1S/C21H24ClN3O2/c1-4-24(5-2)12-13-25-19-14-15(22)10-11-17(19)20(26)23(3)18-9-7-6-8-16(18)21(25)27/h6-11,14H,4-5,12-13H2,1-3H3. The zero-order valence-electron chi connectivity index (χ0n) is 15.9. The number of para-hydroxylation sites is 1. The van der Waals surface area contributed by atoms with Crippen LogP contribution in [-0.4, -0.2) is 49.9 Å². The van der Waals surface area contributed by atoms with Gasteiger partial charge in [-0.2, -0.15) is 0 Å². The van der Waals surface area contributed by atoms with Gasteiger partial charge in [-0.3, -0.25) is 9.59 Å². The second-order valence-electron chi connectivity index (χ2n) is 6.53. The Labute approximate surface area is 165 Å². The third-order valence-corrected chi connectivity index (χ3v) is 5.30. The Morgan fingerprint density at radius 3 is 2.30 bits per heavy atom. The van der Waals surface area contributed by atoms with Crippen LogP contribution < -0.4 is 9.80 Å². The first-order chi connectivity index (χ1) is 13.0. The van der Waals surface area contributed by atoms with Gasteiger partial charge in [-0.05, 0) is 43.4 Å². The molecular weight excluding hydrogens is 362 g/mol. The summed E-state index contributed by atoms with van der Waals surface area (Å²) in [6.07, 6.45) is 0. The van der Waals surface area contributed by atoms with E-state index in [2.05, 4.69) is 18.7 Å². The van der Waals surface area contributed by atoms with Crippen LogP contribution in [0.3, 0.4) is 0 Å². The van der Waals surface area contributed by atoms with Gasteiger partial charge in [0.1, 0.15) is 0 Å². The zero-order valence-corrected chi connectivity index (χ0v) is 16.7. The van der Waals surface area contributed by atoms with Crippen LogP contribution in [0.4, 0.5) is 11.4 Å². The van der Waals surface area contributed by atoms with E-state index in [4.69, 9.17) is 11.6 Å². The Bertz CT molecular complexity index is 864. The highest BCUT2D eigenvalue weighted by Crippen LogP contribution is 2.33. The molecule has 0 radical (unpaired) electrons. The van der Waals surface area contributed by atoms with Crippen molar-refractivity contribution < 1.29 is 9.59 Å². The van der Waals surface area contributed by atoms with Gasteiger partial charge in [0.2, 0.25) is 0 Å². The molecule has 0 spiro atoms. The molecule has 1 heterocycles. The molecule has 0 aliphatic carbocycles. The van der Waals surface area contributed by atoms with Gasteiger partial charge < -0.3 is 14.7 Å². The number of benzene rings is 2. The van der Waals surface area contributed by atoms with Crippen LogP contribution in [0.1, 0.15) is 34.6 Å². The third-order valence-electron chi connectivity index (χ3n) is 5.06. The van der Waals surface area contributed by atoms with Gasteiger partial charge in [0.05, 0.1) is 22.5 Å². The lowest BCUT2D eigenvalue weighted by Gasteiger charge is -2.32. The van der Waals surface area contributed by atoms with E-state index in [9.17, 15) is 9.59 Å². The highest BCUT2D eigenvalue weighted by molar-refractivity contribution is 6.31. The van der Waals surface area contributed by atoms with Gasteiger partial charge >= 0.3 is 0 Å². The smallest absolute Gasteiger partial charge is 0.260 e. The Morgan fingerprint density at radius 2 is 1.59 bits per heavy atom. The number of rotatable bonds is 5. The molecule has 2 amide bonds. The van der Waals surface area contributed by atoms with Gasteiger partial charge in [0.15, 0.2) is 0 Å². The molecule has 6 heteroatoms. The maximum absolute atomic E-state index is 13.4. The topological polar surface area (TPSA) is 43.9 Å². The van der Waals surface area contributed by atoms with Crippen LogP contribution in [0.25, 0.3) is 0 Å². The van der Waals surface area contributed by atoms with E-state index >= 15 is 0 Å². The molecule has 0 saturated heterocycles. The molecule has 27 heavy (non-hydrogen) atoms. The molecule has 3 rings (SSSR count). The van der Waals surface area contributed by atoms with Crippen LogP contribution in [-0.2, 0) is 0 Å². The highest BCUT2D eigenvalue weighted by Gasteiger charge is 2.31. The van der Waals surface area contributed by atoms with E-state index in [1.54, 1.807) is 42.3 Å². The number of amides is 2. The summed E-state index contributed by atoms with van der Waals surface area (Å²) in [4.78, 5) is 32.0. The molecular formula is C21H24ClN3O2. The van der Waals surface area contributed by atoms with Crippen molar-refractivity contribution in [1.82, 2.24) is 4.90 Å². The largest absolute Gasteiger partial charge is 0.311 e. The number of nitrogens with zero attached hydrogens (tertiary/aromatic N) is 3. The fourth-order valence-electron chi connectivity index (χ4n) is 3.40. The maximum Gasteiger partial charge on any atom is 0.260 e. The number of hydrogen-bond donors (Lipinski definition) is 0. The Morgan fingerprint density at radius 1 is 0.926 bits per heavy atom. The van der Waals surface area contributed by atoms with E-state index in [1.807, 2.05) is 12.1 Å². The molecule has 0 bridgehead atoms. The summed E-state index contributed by atoms with van der Waals surface area (Å²) in [6.45, 7) is 7.20. The normalized spacial score (nSPS) is 14.1. The molecule has 1 aliphatic heterocycles. The first-order valence-corrected chi connectivity index (χ1v) is 9.56. The minimum absolute atomic E-state index is 0.124. The second kappa shape index (κ2) is 8.11. The summed E-state index contributed by atoms with van der Waals surface area (Å²) in [5, 5.41) is 0.499. The van der Waals surface area contributed by atoms with Crippen molar-refractivity contribution in [3.05, 3.63) is 58.6 Å². The summed E-state index contributed by atoms with van der Waals surface area (Å²) in [6, 6.07) is 12.3. The molecule has 0 unspecified atom stereocenters. The minimum Gasteiger partial charge on any atom is -0.311 e. The quantitative estimate of drug-likeness (QED) is 0.783. The van der Waals surface area contributed by atoms with Gasteiger partial charge in [-0.15, -0.1) is 0 Å². The summed E-state index contributed by atoms with van der Waals surface area (Å²) in [5.41, 5.74) is 2.16. The van der Waals surface area contributed by atoms with Gasteiger partial charge in [0, 0.05) is 25.2 Å². The average Bonchev–Trinajstić information content (AvgIpc) is 2.69. The fraction of sp³-hybridized carbons (Fsp3) is 0.333. The summed E-state index contributed by atoms with van der Waals surface area (Å²) in [7, 11) is 1.69. The van der Waals surface area contributed by atoms with E-state index in [1.165, 1.54) is 4.90 Å². The van der Waals surface area contributed by atoms with Gasteiger partial charge in [0.25, 0.3) is 11.8 Å². The Kier molecular flexibility index (Phi) is 5.82. The van der Waals surface area contributed by atoms with Crippen molar-refractivity contribution in [1.29, 1.82) is 0 Å². The van der Waals surface area contributed by atoms with Crippen LogP contribution in [0.5, 0.6) is 0 Å². The number of fused-ring (bicyclic) bond motifs is 2. The molecule has 0 atom stereocenters. The van der Waals surface area contributed by atoms with E-state index in [0.717, 1.165) is 19.6 Å². The lowest BCUT2D eigenvalue weighted by molar-refractivity contribution is 0.0975. The SMILES string of the molecule is CCN(CC)CCN1C(=O)c2ccccc2N(C)C(=O)c2ccc(Cl)cc21. The molecule has 142 valence electrons. The molecule has 0 fully saturated rings. The molecule has 2 aromatic rings. The number of carbonyl (C=O) groups excluding carboxylic acids is 2. The molecule has 2 aromatic carbocycles. The Balaban J connectivity index is 2.13. The lowest BCUT2D eigenvalue weighted by atomic mass is 10.0. The van der Waals surface area contributed by atoms with Crippen molar-refractivity contribution in [2.45, 2.75) is 13.8 Å². The molecule has 1 aliphatic rings. The Hall–Kier alpha value is -2.37. The van der Waals surface area contributed by atoms with E-state index in [-0.39, 0.29) is 11.8 Å². The zero-order chi connectivity index (χ0) is 19.6. The van der Waals surface area contributed by atoms with Crippen molar-refractivity contribution in [2.24, 2.45) is 0 Å². The van der Waals surface area contributed by atoms with Crippen LogP contribution >= 0.6 is 11.6 Å². The number of carbonyl (C=O) groups is 2. The minimum atomic E-state index is -0.158. The van der Waals surface area contributed by atoms with Gasteiger partial charge in [-0.25, -0.2) is 0 Å². The molecule has 0 aromatic heterocycles. The number of halogens is 1. The maximum atomic E-state index is 13.4. The van der Waals surface area contributed by atoms with Crippen molar-refractivity contribution >= 4 is 34.8 Å². The monoisotopic (exact) mass is 385 g/mol. The predicted molar refractivity (Wildman–Crippen MR) is 110 cm³/mol. The predicted octanol–water partition coefficient (Wildman–Crippen LogP) is 3.92. The summed E-state index contributed by atoms with van der Waals surface area (Å²) < 4.78 is 0. The molecule has 0 saturated carbocycles. The van der Waals surface area contributed by atoms with E-state index < -0.39 is 0 Å². The van der Waals surface area contributed by atoms with E-state index in [0.29, 0.717) is 34.1 Å². The number of anilines is 2. The molecule has 0 N–H and O–H groups in total. The third kappa shape index (κ3) is 3.70. The van der Waals surface area contributed by atoms with Crippen molar-refractivity contribution in [3.8, 4) is 0 Å². The first kappa shape index (κ1) is 19.4. The molecule has 5 nitrogen and oxygen atoms in total. The number of likely N-dealkylation sites (N-methyl/N-ethyl adjacent to an activating group) is 1. The number of hydrogen-bond acceptors (Lipinski definition) is 3. The summed E-state index contributed by atoms with van der Waals surface area (Å²) in [5.74, 6) is -0.282. The van der Waals surface area contributed by atoms with Crippen molar-refractivity contribution in [3.63, 3.8) is 0 Å². The van der Waals surface area contributed by atoms with Crippen LogP contribution in [0.2, 0.25) is 5.02 Å². The summed E-state index contributed by atoms with van der Waals surface area (Å²) >= 11 is 6.21.